The third-order valence-corrected chi connectivity index (χ3v) is 4.90. The zero-order valence-electron chi connectivity index (χ0n) is 14.8. The van der Waals surface area contributed by atoms with Gasteiger partial charge in [0.1, 0.15) is 5.75 Å². The van der Waals surface area contributed by atoms with Crippen LogP contribution in [0.2, 0.25) is 0 Å². The third-order valence-electron chi connectivity index (χ3n) is 3.27. The van der Waals surface area contributed by atoms with Gasteiger partial charge in [0.05, 0.1) is 7.11 Å². The first-order chi connectivity index (χ1) is 12.2. The van der Waals surface area contributed by atoms with E-state index in [0.29, 0.717) is 11.6 Å². The Hall–Kier alpha value is -2.65. The van der Waals surface area contributed by atoms with Crippen molar-refractivity contribution in [3.8, 4) is 28.8 Å². The summed E-state index contributed by atoms with van der Waals surface area (Å²) in [4.78, 5) is 4.25. The summed E-state index contributed by atoms with van der Waals surface area (Å²) in [6.45, 7) is 5.23. The summed E-state index contributed by atoms with van der Waals surface area (Å²) < 4.78 is 42.8. The average molecular weight is 377 g/mol. The lowest BCUT2D eigenvalue weighted by Gasteiger charge is -2.18. The Bertz CT molecular complexity index is 998. The lowest BCUT2D eigenvalue weighted by atomic mass is 10.1. The van der Waals surface area contributed by atoms with Crippen molar-refractivity contribution in [2.24, 2.45) is 0 Å². The Morgan fingerprint density at radius 1 is 1.08 bits per heavy atom. The van der Waals surface area contributed by atoms with E-state index in [-0.39, 0.29) is 16.7 Å². The number of hydrogen-bond acceptors (Lipinski definition) is 7. The second-order valence-electron chi connectivity index (χ2n) is 6.63. The molecular weight excluding hydrogens is 358 g/mol. The number of nitrogens with zero attached hydrogens (tertiary/aromatic N) is 2. The Morgan fingerprint density at radius 3 is 2.38 bits per heavy atom. The van der Waals surface area contributed by atoms with E-state index in [9.17, 15) is 8.42 Å². The maximum absolute atomic E-state index is 12.3. The number of sulfonamides is 1. The van der Waals surface area contributed by atoms with Gasteiger partial charge >= 0.3 is 0 Å². The molecule has 2 aromatic heterocycles. The zero-order chi connectivity index (χ0) is 18.9. The van der Waals surface area contributed by atoms with Crippen LogP contribution in [0.4, 0.5) is 0 Å². The fourth-order valence-corrected chi connectivity index (χ4v) is 3.57. The first-order valence-electron chi connectivity index (χ1n) is 7.80. The summed E-state index contributed by atoms with van der Waals surface area (Å²) in [6, 6.07) is 9.96. The van der Waals surface area contributed by atoms with Gasteiger partial charge in [0, 0.05) is 11.1 Å². The van der Waals surface area contributed by atoms with Crippen LogP contribution in [0.15, 0.2) is 50.4 Å². The van der Waals surface area contributed by atoms with Gasteiger partial charge in [-0.05, 0) is 57.2 Å². The Balaban J connectivity index is 1.85. The van der Waals surface area contributed by atoms with Gasteiger partial charge in [-0.2, -0.15) is 4.98 Å². The Labute approximate surface area is 151 Å². The standard InChI is InChI=1S/C17H19N3O5S/c1-17(2,3)20-26(21,22)14-10-9-13(24-14)16-18-15(19-25-16)11-5-7-12(23-4)8-6-11/h5-10,20H,1-4H3. The van der Waals surface area contributed by atoms with Crippen LogP contribution >= 0.6 is 0 Å². The molecule has 0 amide bonds. The van der Waals surface area contributed by atoms with Gasteiger partial charge in [0.2, 0.25) is 10.9 Å². The van der Waals surface area contributed by atoms with Gasteiger partial charge in [-0.25, -0.2) is 13.1 Å². The van der Waals surface area contributed by atoms with E-state index >= 15 is 0 Å². The van der Waals surface area contributed by atoms with Gasteiger partial charge in [0.25, 0.3) is 15.9 Å². The molecule has 2 heterocycles. The van der Waals surface area contributed by atoms with E-state index in [1.807, 2.05) is 0 Å². The number of methoxy groups -OCH3 is 1. The van der Waals surface area contributed by atoms with E-state index < -0.39 is 15.6 Å². The van der Waals surface area contributed by atoms with Gasteiger partial charge in [0.15, 0.2) is 5.76 Å². The zero-order valence-corrected chi connectivity index (χ0v) is 15.6. The molecule has 3 rings (SSSR count). The highest BCUT2D eigenvalue weighted by molar-refractivity contribution is 7.89. The van der Waals surface area contributed by atoms with Gasteiger partial charge in [-0.1, -0.05) is 5.16 Å². The molecule has 0 saturated heterocycles. The summed E-state index contributed by atoms with van der Waals surface area (Å²) in [5.41, 5.74) is 0.104. The fraction of sp³-hybridized carbons (Fsp3) is 0.294. The largest absolute Gasteiger partial charge is 0.497 e. The molecule has 1 N–H and O–H groups in total. The maximum atomic E-state index is 12.3. The second-order valence-corrected chi connectivity index (χ2v) is 8.24. The van der Waals surface area contributed by atoms with Crippen LogP contribution in [-0.2, 0) is 10.0 Å². The molecule has 0 aliphatic carbocycles. The minimum atomic E-state index is -3.78. The SMILES string of the molecule is COc1ccc(-c2noc(-c3ccc(S(=O)(=O)NC(C)(C)C)o3)n2)cc1. The molecule has 0 radical (unpaired) electrons. The van der Waals surface area contributed by atoms with Crippen LogP contribution in [0, 0.1) is 0 Å². The molecule has 0 saturated carbocycles. The Kier molecular flexibility index (Phi) is 4.59. The van der Waals surface area contributed by atoms with E-state index in [4.69, 9.17) is 13.7 Å². The summed E-state index contributed by atoms with van der Waals surface area (Å²) >= 11 is 0. The number of hydrogen-bond donors (Lipinski definition) is 1. The number of benzene rings is 1. The molecule has 0 aliphatic heterocycles. The number of aromatic nitrogens is 2. The number of nitrogens with one attached hydrogen (secondary N) is 1. The average Bonchev–Trinajstić information content (AvgIpc) is 3.22. The smallest absolute Gasteiger partial charge is 0.293 e. The predicted molar refractivity (Wildman–Crippen MR) is 94.1 cm³/mol. The molecule has 1 aromatic carbocycles. The van der Waals surface area contributed by atoms with Crippen molar-refractivity contribution in [3.63, 3.8) is 0 Å². The fourth-order valence-electron chi connectivity index (χ4n) is 2.21. The molecule has 0 fully saturated rings. The molecule has 0 bridgehead atoms. The highest BCUT2D eigenvalue weighted by atomic mass is 32.2. The van der Waals surface area contributed by atoms with Crippen LogP contribution < -0.4 is 9.46 Å². The minimum absolute atomic E-state index is 0.0908. The highest BCUT2D eigenvalue weighted by Crippen LogP contribution is 2.27. The first kappa shape index (κ1) is 18.2. The molecule has 0 aliphatic rings. The monoisotopic (exact) mass is 377 g/mol. The molecular formula is C17H19N3O5S. The van der Waals surface area contributed by atoms with E-state index in [0.717, 1.165) is 5.56 Å². The van der Waals surface area contributed by atoms with Crippen LogP contribution in [0.25, 0.3) is 23.0 Å². The molecule has 138 valence electrons. The summed E-state index contributed by atoms with van der Waals surface area (Å²) in [6.07, 6.45) is 0. The van der Waals surface area contributed by atoms with E-state index in [1.165, 1.54) is 12.1 Å². The first-order valence-corrected chi connectivity index (χ1v) is 9.28. The Morgan fingerprint density at radius 2 is 1.77 bits per heavy atom. The van der Waals surface area contributed by atoms with Crippen molar-refractivity contribution < 1.29 is 22.1 Å². The number of rotatable bonds is 5. The summed E-state index contributed by atoms with van der Waals surface area (Å²) in [5.74, 6) is 1.33. The van der Waals surface area contributed by atoms with Crippen LogP contribution in [0.3, 0.4) is 0 Å². The molecule has 0 unspecified atom stereocenters. The summed E-state index contributed by atoms with van der Waals surface area (Å²) in [7, 11) is -2.20. The molecule has 0 atom stereocenters. The van der Waals surface area contributed by atoms with Gasteiger partial charge in [-0.15, -0.1) is 0 Å². The summed E-state index contributed by atoms with van der Waals surface area (Å²) in [5, 5.41) is 3.68. The number of ether oxygens (including phenoxy) is 1. The normalized spacial score (nSPS) is 12.3. The van der Waals surface area contributed by atoms with Crippen molar-refractivity contribution >= 4 is 10.0 Å². The van der Waals surface area contributed by atoms with Gasteiger partial charge in [-0.3, -0.25) is 0 Å². The predicted octanol–water partition coefficient (Wildman–Crippen LogP) is 3.08. The molecule has 8 nitrogen and oxygen atoms in total. The van der Waals surface area contributed by atoms with Crippen molar-refractivity contribution in [3.05, 3.63) is 36.4 Å². The topological polar surface area (TPSA) is 107 Å². The van der Waals surface area contributed by atoms with Gasteiger partial charge < -0.3 is 13.7 Å². The van der Waals surface area contributed by atoms with Crippen molar-refractivity contribution in [2.45, 2.75) is 31.4 Å². The van der Waals surface area contributed by atoms with Crippen LogP contribution in [0.1, 0.15) is 20.8 Å². The lowest BCUT2D eigenvalue weighted by molar-refractivity contribution is 0.395. The number of furan rings is 1. The molecule has 9 heteroatoms. The third kappa shape index (κ3) is 3.94. The van der Waals surface area contributed by atoms with Crippen LogP contribution in [0.5, 0.6) is 5.75 Å². The van der Waals surface area contributed by atoms with Crippen LogP contribution in [-0.4, -0.2) is 31.2 Å². The molecule has 26 heavy (non-hydrogen) atoms. The molecule has 0 spiro atoms. The second kappa shape index (κ2) is 6.58. The maximum Gasteiger partial charge on any atom is 0.293 e. The lowest BCUT2D eigenvalue weighted by Crippen LogP contribution is -2.40. The van der Waals surface area contributed by atoms with Crippen molar-refractivity contribution in [1.29, 1.82) is 0 Å². The minimum Gasteiger partial charge on any atom is -0.497 e. The van der Waals surface area contributed by atoms with E-state index in [1.54, 1.807) is 52.1 Å². The quantitative estimate of drug-likeness (QED) is 0.728. The van der Waals surface area contributed by atoms with Crippen molar-refractivity contribution in [2.75, 3.05) is 7.11 Å². The van der Waals surface area contributed by atoms with E-state index in [2.05, 4.69) is 14.9 Å². The molecule has 3 aromatic rings. The highest BCUT2D eigenvalue weighted by Gasteiger charge is 2.26. The van der Waals surface area contributed by atoms with Crippen molar-refractivity contribution in [1.82, 2.24) is 14.9 Å².